The van der Waals surface area contributed by atoms with E-state index in [1.54, 1.807) is 0 Å². The summed E-state index contributed by atoms with van der Waals surface area (Å²) in [5.41, 5.74) is 6.16. The molecule has 1 aromatic heterocycles. The molecule has 0 spiro atoms. The molecular formula is C29H33N3O3. The van der Waals surface area contributed by atoms with Gasteiger partial charge in [0.1, 0.15) is 18.5 Å². The third kappa shape index (κ3) is 4.86. The molecule has 0 radical (unpaired) electrons. The number of amides is 1. The lowest BCUT2D eigenvalue weighted by atomic mass is 9.98. The van der Waals surface area contributed by atoms with Crippen LogP contribution >= 0.6 is 0 Å². The molecule has 182 valence electrons. The number of epoxide rings is 1. The molecule has 6 nitrogen and oxygen atoms in total. The van der Waals surface area contributed by atoms with Gasteiger partial charge in [-0.05, 0) is 81.1 Å². The molecule has 2 fully saturated rings. The Kier molecular flexibility index (Phi) is 6.32. The normalized spacial score (nSPS) is 21.5. The average Bonchev–Trinajstić information content (AvgIpc) is 3.58. The standard InChI is InChI=1S/C29H33N3O3/c33-29(20-11-13-21(14-12-20)34-18-17-32-15-4-1-5-16-32)31-25-9-3-2-7-22(25)24-19-30-27-23(24)8-6-10-26-28(27)35-26/h2-3,7,9,11-14,19,26,28,30H,1,4-6,8,10,15-18H2,(H,31,33). The first-order valence-electron chi connectivity index (χ1n) is 13.0. The van der Waals surface area contributed by atoms with E-state index in [1.165, 1.54) is 43.6 Å². The number of H-pyrrole nitrogens is 1. The first kappa shape index (κ1) is 22.4. The molecule has 1 aliphatic carbocycles. The van der Waals surface area contributed by atoms with Crippen molar-refractivity contribution in [3.8, 4) is 16.9 Å². The van der Waals surface area contributed by atoms with Crippen molar-refractivity contribution in [2.45, 2.75) is 50.7 Å². The lowest BCUT2D eigenvalue weighted by molar-refractivity contribution is 0.102. The van der Waals surface area contributed by atoms with Gasteiger partial charge in [0.25, 0.3) is 5.91 Å². The summed E-state index contributed by atoms with van der Waals surface area (Å²) < 4.78 is 11.8. The highest BCUT2D eigenvalue weighted by Crippen LogP contribution is 2.48. The monoisotopic (exact) mass is 471 g/mol. The van der Waals surface area contributed by atoms with E-state index in [2.05, 4.69) is 27.5 Å². The van der Waals surface area contributed by atoms with Gasteiger partial charge in [0.15, 0.2) is 0 Å². The molecule has 1 amide bonds. The third-order valence-electron chi connectivity index (χ3n) is 7.51. The first-order valence-corrected chi connectivity index (χ1v) is 13.0. The summed E-state index contributed by atoms with van der Waals surface area (Å²) in [7, 11) is 0. The van der Waals surface area contributed by atoms with Crippen molar-refractivity contribution in [1.82, 2.24) is 9.88 Å². The molecule has 6 rings (SSSR count). The number of rotatable bonds is 7. The molecule has 6 heteroatoms. The van der Waals surface area contributed by atoms with Crippen LogP contribution in [0.4, 0.5) is 5.69 Å². The number of aromatic amines is 1. The Morgan fingerprint density at radius 1 is 1.03 bits per heavy atom. The molecule has 0 bridgehead atoms. The van der Waals surface area contributed by atoms with Gasteiger partial charge in [-0.15, -0.1) is 0 Å². The number of fused-ring (bicyclic) bond motifs is 3. The largest absolute Gasteiger partial charge is 0.492 e. The van der Waals surface area contributed by atoms with Gasteiger partial charge < -0.3 is 19.8 Å². The second-order valence-electron chi connectivity index (χ2n) is 9.86. The van der Waals surface area contributed by atoms with E-state index in [4.69, 9.17) is 9.47 Å². The van der Waals surface area contributed by atoms with Gasteiger partial charge in [-0.2, -0.15) is 0 Å². The minimum atomic E-state index is -0.121. The van der Waals surface area contributed by atoms with Gasteiger partial charge in [0.2, 0.25) is 0 Å². The van der Waals surface area contributed by atoms with Crippen LogP contribution in [0, 0.1) is 0 Å². The zero-order valence-electron chi connectivity index (χ0n) is 20.1. The summed E-state index contributed by atoms with van der Waals surface area (Å²) in [5.74, 6) is 0.680. The minimum Gasteiger partial charge on any atom is -0.492 e. The van der Waals surface area contributed by atoms with Crippen molar-refractivity contribution in [1.29, 1.82) is 0 Å². The number of hydrogen-bond donors (Lipinski definition) is 2. The number of piperidine rings is 1. The average molecular weight is 472 g/mol. The second-order valence-corrected chi connectivity index (χ2v) is 9.86. The van der Waals surface area contributed by atoms with Crippen LogP contribution in [-0.2, 0) is 11.2 Å². The van der Waals surface area contributed by atoms with Crippen LogP contribution in [0.15, 0.2) is 54.7 Å². The van der Waals surface area contributed by atoms with Gasteiger partial charge >= 0.3 is 0 Å². The number of nitrogens with zero attached hydrogens (tertiary/aromatic N) is 1. The van der Waals surface area contributed by atoms with Gasteiger partial charge in [0.05, 0.1) is 11.8 Å². The number of carbonyl (C=O) groups is 1. The van der Waals surface area contributed by atoms with E-state index in [9.17, 15) is 4.79 Å². The maximum atomic E-state index is 13.1. The summed E-state index contributed by atoms with van der Waals surface area (Å²) in [4.78, 5) is 19.0. The maximum Gasteiger partial charge on any atom is 0.255 e. The van der Waals surface area contributed by atoms with Crippen molar-refractivity contribution in [2.24, 2.45) is 0 Å². The predicted molar refractivity (Wildman–Crippen MR) is 137 cm³/mol. The van der Waals surface area contributed by atoms with Gasteiger partial charge in [-0.1, -0.05) is 24.6 Å². The quantitative estimate of drug-likeness (QED) is 0.442. The van der Waals surface area contributed by atoms with Gasteiger partial charge in [-0.3, -0.25) is 9.69 Å². The van der Waals surface area contributed by atoms with Crippen LogP contribution in [-0.4, -0.2) is 48.1 Å². The van der Waals surface area contributed by atoms with E-state index in [-0.39, 0.29) is 12.0 Å². The van der Waals surface area contributed by atoms with Crippen LogP contribution in [0.5, 0.6) is 5.75 Å². The van der Waals surface area contributed by atoms with Crippen molar-refractivity contribution in [3.63, 3.8) is 0 Å². The van der Waals surface area contributed by atoms with Crippen LogP contribution < -0.4 is 10.1 Å². The molecule has 2 saturated heterocycles. The summed E-state index contributed by atoms with van der Waals surface area (Å²) in [6.45, 7) is 3.97. The topological polar surface area (TPSA) is 69.9 Å². The molecule has 2 atom stereocenters. The molecule has 2 aliphatic heterocycles. The Balaban J connectivity index is 1.12. The molecular weight excluding hydrogens is 438 g/mol. The number of aromatic nitrogens is 1. The van der Waals surface area contributed by atoms with Crippen LogP contribution in [0.3, 0.4) is 0 Å². The van der Waals surface area contributed by atoms with E-state index < -0.39 is 0 Å². The Morgan fingerprint density at radius 2 is 1.86 bits per heavy atom. The lowest BCUT2D eigenvalue weighted by Crippen LogP contribution is -2.33. The Labute approximate surface area is 206 Å². The summed E-state index contributed by atoms with van der Waals surface area (Å²) in [6, 6.07) is 15.5. The smallest absolute Gasteiger partial charge is 0.255 e. The van der Waals surface area contributed by atoms with E-state index in [0.29, 0.717) is 18.3 Å². The molecule has 35 heavy (non-hydrogen) atoms. The highest BCUT2D eigenvalue weighted by molar-refractivity contribution is 6.06. The van der Waals surface area contributed by atoms with Crippen molar-refractivity contribution in [2.75, 3.05) is 31.6 Å². The van der Waals surface area contributed by atoms with Crippen LogP contribution in [0.1, 0.15) is 59.8 Å². The number of anilines is 1. The van der Waals surface area contributed by atoms with Crippen LogP contribution in [0.25, 0.3) is 11.1 Å². The summed E-state index contributed by atoms with van der Waals surface area (Å²) >= 11 is 0. The first-order chi connectivity index (χ1) is 17.3. The number of hydrogen-bond acceptors (Lipinski definition) is 4. The number of ether oxygens (including phenoxy) is 2. The predicted octanol–water partition coefficient (Wildman–Crippen LogP) is 5.57. The SMILES string of the molecule is O=C(Nc1ccccc1-c1c[nH]c2c1CCCC1OC21)c1ccc(OCCN2CCCCC2)cc1. The molecule has 2 N–H and O–H groups in total. The van der Waals surface area contributed by atoms with E-state index >= 15 is 0 Å². The van der Waals surface area contributed by atoms with E-state index in [0.717, 1.165) is 48.4 Å². The molecule has 3 aliphatic rings. The molecule has 2 aromatic carbocycles. The Morgan fingerprint density at radius 3 is 2.71 bits per heavy atom. The molecule has 2 unspecified atom stereocenters. The lowest BCUT2D eigenvalue weighted by Gasteiger charge is -2.26. The fourth-order valence-electron chi connectivity index (χ4n) is 5.53. The van der Waals surface area contributed by atoms with Crippen molar-refractivity contribution < 1.29 is 14.3 Å². The van der Waals surface area contributed by atoms with Crippen molar-refractivity contribution in [3.05, 3.63) is 71.5 Å². The molecule has 0 saturated carbocycles. The number of likely N-dealkylation sites (tertiary alicyclic amines) is 1. The summed E-state index contributed by atoms with van der Waals surface area (Å²) in [5, 5.41) is 3.13. The Bertz CT molecular complexity index is 1180. The number of carbonyl (C=O) groups excluding carboxylic acids is 1. The van der Waals surface area contributed by atoms with Gasteiger partial charge in [-0.25, -0.2) is 0 Å². The van der Waals surface area contributed by atoms with Crippen LogP contribution in [0.2, 0.25) is 0 Å². The second kappa shape index (κ2) is 9.88. The zero-order valence-corrected chi connectivity index (χ0v) is 20.1. The molecule has 3 aromatic rings. The fourth-order valence-corrected chi connectivity index (χ4v) is 5.53. The summed E-state index contributed by atoms with van der Waals surface area (Å²) in [6.07, 6.45) is 9.83. The fraction of sp³-hybridized carbons (Fsp3) is 0.414. The zero-order chi connectivity index (χ0) is 23.6. The minimum absolute atomic E-state index is 0.121. The van der Waals surface area contributed by atoms with Gasteiger partial charge in [0, 0.05) is 35.1 Å². The third-order valence-corrected chi connectivity index (χ3v) is 7.51. The number of benzene rings is 2. The Hall–Kier alpha value is -3.09. The highest BCUT2D eigenvalue weighted by Gasteiger charge is 2.44. The number of para-hydroxylation sites is 1. The number of nitrogens with one attached hydrogen (secondary N) is 2. The highest BCUT2D eigenvalue weighted by atomic mass is 16.6. The van der Waals surface area contributed by atoms with E-state index in [1.807, 2.05) is 42.5 Å². The van der Waals surface area contributed by atoms with Crippen molar-refractivity contribution >= 4 is 11.6 Å². The molecule has 3 heterocycles. The maximum absolute atomic E-state index is 13.1.